The van der Waals surface area contributed by atoms with Gasteiger partial charge >= 0.3 is 6.03 Å². The number of hydrogen-bond donors (Lipinski definition) is 2. The first-order chi connectivity index (χ1) is 12.7. The van der Waals surface area contributed by atoms with Crippen molar-refractivity contribution >= 4 is 39.5 Å². The Morgan fingerprint density at radius 2 is 1.89 bits per heavy atom. The van der Waals surface area contributed by atoms with Crippen molar-refractivity contribution < 1.29 is 23.2 Å². The maximum atomic E-state index is 13.5. The molecule has 2 N–H and O–H groups in total. The van der Waals surface area contributed by atoms with Crippen molar-refractivity contribution in [3.63, 3.8) is 0 Å². The molecule has 0 aliphatic carbocycles. The summed E-state index contributed by atoms with van der Waals surface area (Å²) in [4.78, 5) is 37.9. The molecule has 0 bridgehead atoms. The van der Waals surface area contributed by atoms with E-state index in [1.54, 1.807) is 24.3 Å². The van der Waals surface area contributed by atoms with Crippen molar-refractivity contribution in [3.8, 4) is 0 Å². The van der Waals surface area contributed by atoms with Crippen LogP contribution in [0.5, 0.6) is 0 Å². The second-order valence-corrected chi connectivity index (χ2v) is 6.96. The summed E-state index contributed by atoms with van der Waals surface area (Å²) in [5, 5.41) is 5.03. The van der Waals surface area contributed by atoms with Crippen LogP contribution in [0.1, 0.15) is 12.5 Å². The number of imide groups is 1. The highest BCUT2D eigenvalue weighted by atomic mass is 79.9. The Kier molecular flexibility index (Phi) is 4.97. The van der Waals surface area contributed by atoms with Crippen LogP contribution in [-0.4, -0.2) is 29.3 Å². The first-order valence-corrected chi connectivity index (χ1v) is 8.65. The lowest BCUT2D eigenvalue weighted by molar-refractivity contribution is -0.133. The van der Waals surface area contributed by atoms with Gasteiger partial charge in [-0.1, -0.05) is 18.2 Å². The summed E-state index contributed by atoms with van der Waals surface area (Å²) in [7, 11) is 0. The number of para-hydroxylation sites is 1. The summed E-state index contributed by atoms with van der Waals surface area (Å²) in [5.74, 6) is -3.52. The van der Waals surface area contributed by atoms with Crippen molar-refractivity contribution in [1.29, 1.82) is 0 Å². The number of benzene rings is 2. The highest BCUT2D eigenvalue weighted by molar-refractivity contribution is 9.10. The SMILES string of the molecule is CC1(c2ccc(F)c(F)c2)NC(=O)N(CC(=O)Nc2ccccc2Br)C1=O. The molecule has 0 aromatic heterocycles. The number of urea groups is 1. The van der Waals surface area contributed by atoms with Crippen LogP contribution in [0.3, 0.4) is 0 Å². The Balaban J connectivity index is 1.78. The fourth-order valence-electron chi connectivity index (χ4n) is 2.74. The maximum absolute atomic E-state index is 13.5. The zero-order valence-electron chi connectivity index (χ0n) is 14.1. The number of carbonyl (C=O) groups excluding carboxylic acids is 3. The molecule has 6 nitrogen and oxygen atoms in total. The molecule has 140 valence electrons. The Hall–Kier alpha value is -2.81. The molecule has 1 heterocycles. The number of halogens is 3. The molecule has 1 aliphatic heterocycles. The number of rotatable bonds is 4. The van der Waals surface area contributed by atoms with Gasteiger partial charge in [0, 0.05) is 4.47 Å². The van der Waals surface area contributed by atoms with E-state index in [-0.39, 0.29) is 5.56 Å². The van der Waals surface area contributed by atoms with Crippen molar-refractivity contribution in [2.45, 2.75) is 12.5 Å². The number of anilines is 1. The molecule has 0 saturated carbocycles. The average molecular weight is 438 g/mol. The molecule has 3 rings (SSSR count). The summed E-state index contributed by atoms with van der Waals surface area (Å²) in [6.07, 6.45) is 0. The van der Waals surface area contributed by atoms with Gasteiger partial charge in [0.25, 0.3) is 5.91 Å². The molecular formula is C18H14BrF2N3O3. The second-order valence-electron chi connectivity index (χ2n) is 6.10. The molecule has 4 amide bonds. The standard InChI is InChI=1S/C18H14BrF2N3O3/c1-18(10-6-7-12(20)13(21)8-10)16(26)24(17(27)23-18)9-15(25)22-14-5-3-2-4-11(14)19/h2-8H,9H2,1H3,(H,22,25)(H,23,27). The number of nitrogens with zero attached hydrogens (tertiary/aromatic N) is 1. The van der Waals surface area contributed by atoms with Gasteiger partial charge in [0.1, 0.15) is 12.1 Å². The predicted molar refractivity (Wildman–Crippen MR) is 96.7 cm³/mol. The van der Waals surface area contributed by atoms with Gasteiger partial charge in [-0.25, -0.2) is 13.6 Å². The number of carbonyl (C=O) groups is 3. The lowest BCUT2D eigenvalue weighted by atomic mass is 9.92. The largest absolute Gasteiger partial charge is 0.325 e. The van der Waals surface area contributed by atoms with E-state index in [0.29, 0.717) is 10.2 Å². The Morgan fingerprint density at radius 3 is 2.56 bits per heavy atom. The van der Waals surface area contributed by atoms with E-state index in [0.717, 1.165) is 17.0 Å². The highest BCUT2D eigenvalue weighted by Gasteiger charge is 2.49. The fraction of sp³-hybridized carbons (Fsp3) is 0.167. The van der Waals surface area contributed by atoms with Crippen molar-refractivity contribution in [2.75, 3.05) is 11.9 Å². The van der Waals surface area contributed by atoms with Gasteiger partial charge in [0.05, 0.1) is 5.69 Å². The summed E-state index contributed by atoms with van der Waals surface area (Å²) < 4.78 is 27.3. The Labute approximate surface area is 161 Å². The molecule has 2 aromatic rings. The third kappa shape index (κ3) is 3.55. The number of amides is 4. The zero-order valence-corrected chi connectivity index (χ0v) is 15.6. The zero-order chi connectivity index (χ0) is 19.8. The predicted octanol–water partition coefficient (Wildman–Crippen LogP) is 3.13. The van der Waals surface area contributed by atoms with E-state index < -0.39 is 41.6 Å². The monoisotopic (exact) mass is 437 g/mol. The topological polar surface area (TPSA) is 78.5 Å². The molecule has 27 heavy (non-hydrogen) atoms. The van der Waals surface area contributed by atoms with Gasteiger partial charge in [-0.2, -0.15) is 0 Å². The molecule has 9 heteroatoms. The molecule has 0 radical (unpaired) electrons. The van der Waals surface area contributed by atoms with Gasteiger partial charge in [-0.3, -0.25) is 14.5 Å². The van der Waals surface area contributed by atoms with E-state index in [2.05, 4.69) is 26.6 Å². The molecule has 0 spiro atoms. The summed E-state index contributed by atoms with van der Waals surface area (Å²) in [5.41, 5.74) is -1.04. The van der Waals surface area contributed by atoms with E-state index >= 15 is 0 Å². The van der Waals surface area contributed by atoms with Crippen LogP contribution in [0.25, 0.3) is 0 Å². The van der Waals surface area contributed by atoms with E-state index in [4.69, 9.17) is 0 Å². The second kappa shape index (κ2) is 7.07. The normalized spacial score (nSPS) is 19.2. The summed E-state index contributed by atoms with van der Waals surface area (Å²) >= 11 is 3.28. The van der Waals surface area contributed by atoms with Crippen molar-refractivity contribution in [1.82, 2.24) is 10.2 Å². The van der Waals surface area contributed by atoms with E-state index in [1.807, 2.05) is 0 Å². The minimum atomic E-state index is -1.60. The van der Waals surface area contributed by atoms with Crippen LogP contribution in [0.4, 0.5) is 19.3 Å². The van der Waals surface area contributed by atoms with Crippen LogP contribution in [-0.2, 0) is 15.1 Å². The van der Waals surface area contributed by atoms with Crippen molar-refractivity contribution in [3.05, 3.63) is 64.1 Å². The minimum Gasteiger partial charge on any atom is -0.324 e. The number of hydrogen-bond acceptors (Lipinski definition) is 3. The smallest absolute Gasteiger partial charge is 0.324 e. The molecule has 1 saturated heterocycles. The van der Waals surface area contributed by atoms with E-state index in [1.165, 1.54) is 13.0 Å². The fourth-order valence-corrected chi connectivity index (χ4v) is 3.12. The van der Waals surface area contributed by atoms with Crippen LogP contribution in [0, 0.1) is 11.6 Å². The van der Waals surface area contributed by atoms with Gasteiger partial charge < -0.3 is 10.6 Å². The summed E-state index contributed by atoms with van der Waals surface area (Å²) in [6, 6.07) is 8.99. The number of nitrogens with one attached hydrogen (secondary N) is 2. The Morgan fingerprint density at radius 1 is 1.19 bits per heavy atom. The van der Waals surface area contributed by atoms with Crippen LogP contribution in [0.2, 0.25) is 0 Å². The van der Waals surface area contributed by atoms with Crippen LogP contribution < -0.4 is 10.6 Å². The highest BCUT2D eigenvalue weighted by Crippen LogP contribution is 2.30. The molecule has 1 unspecified atom stereocenters. The lowest BCUT2D eigenvalue weighted by Gasteiger charge is -2.22. The third-order valence-electron chi connectivity index (χ3n) is 4.22. The van der Waals surface area contributed by atoms with Gasteiger partial charge in [0.15, 0.2) is 11.6 Å². The van der Waals surface area contributed by atoms with Crippen LogP contribution >= 0.6 is 15.9 Å². The quantitative estimate of drug-likeness (QED) is 0.721. The lowest BCUT2D eigenvalue weighted by Crippen LogP contribution is -2.42. The maximum Gasteiger partial charge on any atom is 0.325 e. The summed E-state index contributed by atoms with van der Waals surface area (Å²) in [6.45, 7) is 0.844. The van der Waals surface area contributed by atoms with Gasteiger partial charge in [-0.05, 0) is 52.7 Å². The Bertz CT molecular complexity index is 953. The molecular weight excluding hydrogens is 424 g/mol. The first kappa shape index (κ1) is 19.0. The van der Waals surface area contributed by atoms with Crippen molar-refractivity contribution in [2.24, 2.45) is 0 Å². The molecule has 1 fully saturated rings. The minimum absolute atomic E-state index is 0.0773. The molecule has 1 atom stereocenters. The average Bonchev–Trinajstić information content (AvgIpc) is 2.83. The van der Waals surface area contributed by atoms with E-state index in [9.17, 15) is 23.2 Å². The molecule has 2 aromatic carbocycles. The molecule has 1 aliphatic rings. The third-order valence-corrected chi connectivity index (χ3v) is 4.91. The van der Waals surface area contributed by atoms with Crippen LogP contribution in [0.15, 0.2) is 46.9 Å². The van der Waals surface area contributed by atoms with Gasteiger partial charge in [0.2, 0.25) is 5.91 Å². The first-order valence-electron chi connectivity index (χ1n) is 7.86. The van der Waals surface area contributed by atoms with Gasteiger partial charge in [-0.15, -0.1) is 0 Å².